The van der Waals surface area contributed by atoms with E-state index in [1.165, 1.54) is 25.9 Å². The van der Waals surface area contributed by atoms with Crippen LogP contribution in [-0.2, 0) is 0 Å². The second-order valence-corrected chi connectivity index (χ2v) is 6.10. The van der Waals surface area contributed by atoms with Gasteiger partial charge in [0.2, 0.25) is 0 Å². The van der Waals surface area contributed by atoms with Crippen LogP contribution >= 0.6 is 0 Å². The van der Waals surface area contributed by atoms with Gasteiger partial charge < -0.3 is 5.73 Å². The molecule has 1 aliphatic heterocycles. The molecule has 0 saturated carbocycles. The summed E-state index contributed by atoms with van der Waals surface area (Å²) in [5.74, 6) is 0.849. The molecule has 90 valence electrons. The van der Waals surface area contributed by atoms with E-state index in [1.54, 1.807) is 0 Å². The van der Waals surface area contributed by atoms with Crippen molar-refractivity contribution >= 4 is 0 Å². The van der Waals surface area contributed by atoms with Crippen molar-refractivity contribution in [3.05, 3.63) is 0 Å². The number of nitrogens with zero attached hydrogens (tertiary/aromatic N) is 1. The van der Waals surface area contributed by atoms with Gasteiger partial charge in [0.05, 0.1) is 0 Å². The number of rotatable bonds is 4. The van der Waals surface area contributed by atoms with Crippen LogP contribution in [0.4, 0.5) is 0 Å². The summed E-state index contributed by atoms with van der Waals surface area (Å²) in [5, 5.41) is 0. The summed E-state index contributed by atoms with van der Waals surface area (Å²) in [4.78, 5) is 2.60. The molecule has 1 fully saturated rings. The molecule has 0 bridgehead atoms. The molecule has 0 spiro atoms. The van der Waals surface area contributed by atoms with Gasteiger partial charge in [0, 0.05) is 25.2 Å². The first-order chi connectivity index (χ1) is 6.89. The van der Waals surface area contributed by atoms with Gasteiger partial charge in [0.15, 0.2) is 0 Å². The first kappa shape index (κ1) is 13.0. The summed E-state index contributed by atoms with van der Waals surface area (Å²) in [7, 11) is 0. The third-order valence-electron chi connectivity index (χ3n) is 4.47. The van der Waals surface area contributed by atoms with Gasteiger partial charge in [-0.05, 0) is 24.2 Å². The van der Waals surface area contributed by atoms with Crippen LogP contribution in [0.5, 0.6) is 0 Å². The molecule has 0 amide bonds. The Morgan fingerprint density at radius 3 is 1.87 bits per heavy atom. The van der Waals surface area contributed by atoms with Crippen molar-refractivity contribution in [2.75, 3.05) is 19.6 Å². The summed E-state index contributed by atoms with van der Waals surface area (Å²) in [6, 6.07) is 0. The Kier molecular flexibility index (Phi) is 3.83. The standard InChI is InChI=1S/C13H28N2/c1-6-13(7-2,10-14)15-8-11(9-15)12(3,4)5/h11H,6-10,14H2,1-5H3. The SMILES string of the molecule is CCC(CC)(CN)N1CC(C(C)(C)C)C1. The fourth-order valence-electron chi connectivity index (χ4n) is 2.53. The second-order valence-electron chi connectivity index (χ2n) is 6.10. The minimum absolute atomic E-state index is 0.280. The molecule has 0 unspecified atom stereocenters. The molecule has 1 aliphatic rings. The third kappa shape index (κ3) is 2.36. The van der Waals surface area contributed by atoms with E-state index in [2.05, 4.69) is 39.5 Å². The second kappa shape index (κ2) is 4.42. The quantitative estimate of drug-likeness (QED) is 0.776. The highest BCUT2D eigenvalue weighted by molar-refractivity contribution is 4.99. The Bertz CT molecular complexity index is 187. The molecule has 0 radical (unpaired) electrons. The van der Waals surface area contributed by atoms with Gasteiger partial charge in [-0.3, -0.25) is 4.90 Å². The van der Waals surface area contributed by atoms with E-state index in [1.807, 2.05) is 0 Å². The Morgan fingerprint density at radius 2 is 1.60 bits per heavy atom. The van der Waals surface area contributed by atoms with E-state index in [-0.39, 0.29) is 5.54 Å². The summed E-state index contributed by atoms with van der Waals surface area (Å²) in [6.45, 7) is 14.8. The Balaban J connectivity index is 2.56. The van der Waals surface area contributed by atoms with Crippen molar-refractivity contribution in [3.8, 4) is 0 Å². The number of likely N-dealkylation sites (tertiary alicyclic amines) is 1. The van der Waals surface area contributed by atoms with Crippen LogP contribution in [0.2, 0.25) is 0 Å². The predicted molar refractivity (Wildman–Crippen MR) is 66.9 cm³/mol. The van der Waals surface area contributed by atoms with Crippen LogP contribution in [0.15, 0.2) is 0 Å². The average molecular weight is 212 g/mol. The summed E-state index contributed by atoms with van der Waals surface area (Å²) in [5.41, 5.74) is 6.69. The molecule has 2 N–H and O–H groups in total. The van der Waals surface area contributed by atoms with Crippen molar-refractivity contribution in [1.82, 2.24) is 4.90 Å². The van der Waals surface area contributed by atoms with E-state index >= 15 is 0 Å². The van der Waals surface area contributed by atoms with E-state index in [0.717, 1.165) is 12.5 Å². The highest BCUT2D eigenvalue weighted by Crippen LogP contribution is 2.39. The molecule has 0 aromatic heterocycles. The van der Waals surface area contributed by atoms with Crippen molar-refractivity contribution in [2.45, 2.75) is 53.0 Å². The van der Waals surface area contributed by atoms with Crippen LogP contribution in [0, 0.1) is 11.3 Å². The molecule has 0 aromatic carbocycles. The Hall–Kier alpha value is -0.0800. The van der Waals surface area contributed by atoms with Crippen LogP contribution in [0.1, 0.15) is 47.5 Å². The van der Waals surface area contributed by atoms with Gasteiger partial charge in [-0.25, -0.2) is 0 Å². The predicted octanol–water partition coefficient (Wildman–Crippen LogP) is 2.48. The number of hydrogen-bond donors (Lipinski definition) is 1. The zero-order chi connectivity index (χ0) is 11.7. The molecule has 0 aliphatic carbocycles. The van der Waals surface area contributed by atoms with Crippen molar-refractivity contribution in [1.29, 1.82) is 0 Å². The third-order valence-corrected chi connectivity index (χ3v) is 4.47. The topological polar surface area (TPSA) is 29.3 Å². The van der Waals surface area contributed by atoms with Gasteiger partial charge in [0.25, 0.3) is 0 Å². The van der Waals surface area contributed by atoms with E-state index < -0.39 is 0 Å². The highest BCUT2D eigenvalue weighted by atomic mass is 15.3. The molecule has 0 aromatic rings. The monoisotopic (exact) mass is 212 g/mol. The van der Waals surface area contributed by atoms with E-state index in [9.17, 15) is 0 Å². The maximum Gasteiger partial charge on any atom is 0.0326 e. The fraction of sp³-hybridized carbons (Fsp3) is 1.00. The lowest BCUT2D eigenvalue weighted by atomic mass is 9.73. The number of nitrogens with two attached hydrogens (primary N) is 1. The molecule has 2 heteroatoms. The lowest BCUT2D eigenvalue weighted by molar-refractivity contribution is -0.0568. The molecule has 2 nitrogen and oxygen atoms in total. The lowest BCUT2D eigenvalue weighted by Gasteiger charge is -2.55. The van der Waals surface area contributed by atoms with Gasteiger partial charge >= 0.3 is 0 Å². The molecule has 15 heavy (non-hydrogen) atoms. The molecule has 0 atom stereocenters. The van der Waals surface area contributed by atoms with Gasteiger partial charge in [0.1, 0.15) is 0 Å². The minimum atomic E-state index is 0.280. The molecule has 1 heterocycles. The first-order valence-corrected chi connectivity index (χ1v) is 6.34. The summed E-state index contributed by atoms with van der Waals surface area (Å²) in [6.07, 6.45) is 2.35. The fourth-order valence-corrected chi connectivity index (χ4v) is 2.53. The Morgan fingerprint density at radius 1 is 1.13 bits per heavy atom. The molecular weight excluding hydrogens is 184 g/mol. The number of hydrogen-bond acceptors (Lipinski definition) is 2. The first-order valence-electron chi connectivity index (χ1n) is 6.34. The van der Waals surface area contributed by atoms with Gasteiger partial charge in [-0.15, -0.1) is 0 Å². The van der Waals surface area contributed by atoms with E-state index in [0.29, 0.717) is 5.41 Å². The smallest absolute Gasteiger partial charge is 0.0326 e. The maximum atomic E-state index is 5.95. The average Bonchev–Trinajstić information content (AvgIpc) is 2.08. The highest BCUT2D eigenvalue weighted by Gasteiger charge is 2.44. The van der Waals surface area contributed by atoms with Crippen LogP contribution < -0.4 is 5.73 Å². The van der Waals surface area contributed by atoms with Gasteiger partial charge in [-0.1, -0.05) is 34.6 Å². The van der Waals surface area contributed by atoms with Crippen molar-refractivity contribution in [3.63, 3.8) is 0 Å². The maximum absolute atomic E-state index is 5.95. The Labute approximate surface area is 95.2 Å². The zero-order valence-corrected chi connectivity index (χ0v) is 11.1. The van der Waals surface area contributed by atoms with Crippen molar-refractivity contribution in [2.24, 2.45) is 17.1 Å². The zero-order valence-electron chi connectivity index (χ0n) is 11.1. The lowest BCUT2D eigenvalue weighted by Crippen LogP contribution is -2.64. The summed E-state index contributed by atoms with van der Waals surface area (Å²) < 4.78 is 0. The van der Waals surface area contributed by atoms with Gasteiger partial charge in [-0.2, -0.15) is 0 Å². The normalized spacial score (nSPS) is 20.4. The van der Waals surface area contributed by atoms with Crippen LogP contribution in [0.25, 0.3) is 0 Å². The molecule has 1 saturated heterocycles. The van der Waals surface area contributed by atoms with E-state index in [4.69, 9.17) is 5.73 Å². The molecular formula is C13H28N2. The largest absolute Gasteiger partial charge is 0.329 e. The van der Waals surface area contributed by atoms with Crippen LogP contribution in [0.3, 0.4) is 0 Å². The molecule has 1 rings (SSSR count). The minimum Gasteiger partial charge on any atom is -0.329 e. The van der Waals surface area contributed by atoms with Crippen molar-refractivity contribution < 1.29 is 0 Å². The van der Waals surface area contributed by atoms with Crippen LogP contribution in [-0.4, -0.2) is 30.1 Å². The summed E-state index contributed by atoms with van der Waals surface area (Å²) >= 11 is 0.